The first-order valence-corrected chi connectivity index (χ1v) is 11.7. The van der Waals surface area contributed by atoms with Gasteiger partial charge in [0.1, 0.15) is 11.5 Å². The second-order valence-electron chi connectivity index (χ2n) is 8.84. The van der Waals surface area contributed by atoms with Crippen LogP contribution < -0.4 is 4.74 Å². The number of nitrogens with zero attached hydrogens (tertiary/aromatic N) is 6. The molecule has 2 aromatic heterocycles. The van der Waals surface area contributed by atoms with Crippen LogP contribution in [-0.4, -0.2) is 63.3 Å². The first-order chi connectivity index (χ1) is 15.8. The van der Waals surface area contributed by atoms with Crippen LogP contribution in [0.1, 0.15) is 61.3 Å². The van der Waals surface area contributed by atoms with Crippen LogP contribution in [-0.2, 0) is 6.54 Å². The van der Waals surface area contributed by atoms with E-state index in [1.165, 1.54) is 24.8 Å². The van der Waals surface area contributed by atoms with Gasteiger partial charge in [0.25, 0.3) is 0 Å². The molecule has 5 rings (SSSR count). The minimum Gasteiger partial charge on any atom is -0.497 e. The summed E-state index contributed by atoms with van der Waals surface area (Å²) in [5.74, 6) is 2.84. The topological polar surface area (TPSA) is 72.5 Å². The van der Waals surface area contributed by atoms with Crippen molar-refractivity contribution in [3.63, 3.8) is 0 Å². The van der Waals surface area contributed by atoms with E-state index < -0.39 is 0 Å². The molecular weight excluding hydrogens is 404 g/mol. The molecule has 32 heavy (non-hydrogen) atoms. The van der Waals surface area contributed by atoms with Crippen LogP contribution in [0.2, 0.25) is 0 Å². The number of hydrogen-bond donors (Lipinski definition) is 0. The van der Waals surface area contributed by atoms with Gasteiger partial charge in [-0.1, -0.05) is 31.4 Å². The lowest BCUT2D eigenvalue weighted by Crippen LogP contribution is -2.48. The molecule has 3 aromatic rings. The molecule has 8 nitrogen and oxygen atoms in total. The average Bonchev–Trinajstić information content (AvgIpc) is 3.54. The van der Waals surface area contributed by atoms with Crippen molar-refractivity contribution in [3.8, 4) is 5.75 Å². The molecule has 8 heteroatoms. The van der Waals surface area contributed by atoms with E-state index in [1.54, 1.807) is 13.4 Å². The number of piperazine rings is 1. The summed E-state index contributed by atoms with van der Waals surface area (Å²) in [6, 6.07) is 12.8. The Morgan fingerprint density at radius 2 is 1.81 bits per heavy atom. The average molecular weight is 437 g/mol. The number of methoxy groups -OCH3 is 1. The molecule has 1 saturated heterocycles. The van der Waals surface area contributed by atoms with Crippen molar-refractivity contribution in [1.29, 1.82) is 0 Å². The maximum Gasteiger partial charge on any atom is 0.173 e. The Morgan fingerprint density at radius 3 is 2.50 bits per heavy atom. The Balaban J connectivity index is 1.39. The normalized spacial score (nSPS) is 19.8. The highest BCUT2D eigenvalue weighted by Gasteiger charge is 2.32. The summed E-state index contributed by atoms with van der Waals surface area (Å²) >= 11 is 0. The number of furan rings is 1. The summed E-state index contributed by atoms with van der Waals surface area (Å²) in [6.07, 6.45) is 7.88. The number of aromatic nitrogens is 4. The third kappa shape index (κ3) is 4.56. The van der Waals surface area contributed by atoms with Gasteiger partial charge in [-0.05, 0) is 53.1 Å². The predicted molar refractivity (Wildman–Crippen MR) is 120 cm³/mol. The molecule has 1 atom stereocenters. The number of hydrogen-bond acceptors (Lipinski definition) is 7. The van der Waals surface area contributed by atoms with Crippen molar-refractivity contribution < 1.29 is 9.15 Å². The molecule has 2 fully saturated rings. The molecule has 1 aromatic carbocycles. The Bertz CT molecular complexity index is 957. The second-order valence-corrected chi connectivity index (χ2v) is 8.84. The quantitative estimate of drug-likeness (QED) is 0.559. The largest absolute Gasteiger partial charge is 0.497 e. The Morgan fingerprint density at radius 1 is 1.03 bits per heavy atom. The summed E-state index contributed by atoms with van der Waals surface area (Å²) in [6.45, 7) is 4.73. The number of tetrazole rings is 1. The van der Waals surface area contributed by atoms with Gasteiger partial charge >= 0.3 is 0 Å². The van der Waals surface area contributed by atoms with Crippen molar-refractivity contribution >= 4 is 0 Å². The molecule has 170 valence electrons. The van der Waals surface area contributed by atoms with Crippen LogP contribution in [0.3, 0.4) is 0 Å². The Hall–Kier alpha value is -2.71. The highest BCUT2D eigenvalue weighted by atomic mass is 16.5. The van der Waals surface area contributed by atoms with E-state index in [-0.39, 0.29) is 6.04 Å². The van der Waals surface area contributed by atoms with Crippen LogP contribution in [0.25, 0.3) is 0 Å². The minimum absolute atomic E-state index is 0.0311. The van der Waals surface area contributed by atoms with Crippen molar-refractivity contribution in [3.05, 3.63) is 59.8 Å². The van der Waals surface area contributed by atoms with E-state index in [2.05, 4.69) is 42.1 Å². The summed E-state index contributed by atoms with van der Waals surface area (Å²) in [4.78, 5) is 4.97. The van der Waals surface area contributed by atoms with E-state index in [9.17, 15) is 0 Å². The number of benzene rings is 1. The molecule has 2 aliphatic rings. The van der Waals surface area contributed by atoms with Gasteiger partial charge in [0.05, 0.1) is 32.0 Å². The highest BCUT2D eigenvalue weighted by Crippen LogP contribution is 2.34. The molecule has 0 bridgehead atoms. The molecule has 0 spiro atoms. The number of ether oxygens (including phenoxy) is 1. The fraction of sp³-hybridized carbons (Fsp3) is 0.542. The van der Waals surface area contributed by atoms with Crippen molar-refractivity contribution in [2.24, 2.45) is 0 Å². The Kier molecular flexibility index (Phi) is 6.50. The van der Waals surface area contributed by atoms with E-state index in [0.717, 1.165) is 62.9 Å². The zero-order chi connectivity index (χ0) is 21.8. The van der Waals surface area contributed by atoms with Crippen molar-refractivity contribution in [2.45, 2.75) is 50.7 Å². The third-order valence-electron chi connectivity index (χ3n) is 6.85. The molecule has 0 N–H and O–H groups in total. The molecule has 1 aliphatic heterocycles. The van der Waals surface area contributed by atoms with Crippen molar-refractivity contribution in [2.75, 3.05) is 33.3 Å². The molecular formula is C24H32N6O2. The summed E-state index contributed by atoms with van der Waals surface area (Å²) in [5.41, 5.74) is 1.21. The SMILES string of the molecule is COc1ccc(C(c2nnnn2C2CCCCC2)N2CCN(Cc3ccco3)CC2)cc1. The fourth-order valence-electron chi connectivity index (χ4n) is 5.08. The van der Waals surface area contributed by atoms with Crippen LogP contribution >= 0.6 is 0 Å². The predicted octanol–water partition coefficient (Wildman–Crippen LogP) is 3.69. The lowest BCUT2D eigenvalue weighted by molar-refractivity contribution is 0.0941. The van der Waals surface area contributed by atoms with E-state index in [4.69, 9.17) is 9.15 Å². The summed E-state index contributed by atoms with van der Waals surface area (Å²) < 4.78 is 13.1. The third-order valence-corrected chi connectivity index (χ3v) is 6.85. The van der Waals surface area contributed by atoms with Gasteiger partial charge in [-0.25, -0.2) is 4.68 Å². The lowest BCUT2D eigenvalue weighted by Gasteiger charge is -2.39. The Labute approximate surface area is 189 Å². The standard InChI is InChI=1S/C24H32N6O2/c1-31-21-11-9-19(10-12-21)23(24-25-26-27-30(24)20-6-3-2-4-7-20)29-15-13-28(14-16-29)18-22-8-5-17-32-22/h5,8-12,17,20,23H,2-4,6-7,13-16,18H2,1H3. The molecule has 1 saturated carbocycles. The van der Waals surface area contributed by atoms with Crippen LogP contribution in [0, 0.1) is 0 Å². The first-order valence-electron chi connectivity index (χ1n) is 11.7. The fourth-order valence-corrected chi connectivity index (χ4v) is 5.08. The lowest BCUT2D eigenvalue weighted by atomic mass is 9.95. The van der Waals surface area contributed by atoms with Crippen molar-refractivity contribution in [1.82, 2.24) is 30.0 Å². The molecule has 1 aliphatic carbocycles. The van der Waals surface area contributed by atoms with Gasteiger partial charge in [-0.3, -0.25) is 9.80 Å². The van der Waals surface area contributed by atoms with Gasteiger partial charge < -0.3 is 9.15 Å². The van der Waals surface area contributed by atoms with E-state index >= 15 is 0 Å². The zero-order valence-electron chi connectivity index (χ0n) is 18.8. The van der Waals surface area contributed by atoms with E-state index in [1.807, 2.05) is 24.3 Å². The first kappa shape index (κ1) is 21.2. The zero-order valence-corrected chi connectivity index (χ0v) is 18.8. The highest BCUT2D eigenvalue weighted by molar-refractivity contribution is 5.32. The molecule has 1 unspecified atom stereocenters. The van der Waals surface area contributed by atoms with Gasteiger partial charge in [-0.15, -0.1) is 5.10 Å². The van der Waals surface area contributed by atoms with Crippen LogP contribution in [0.5, 0.6) is 5.75 Å². The maximum absolute atomic E-state index is 5.55. The van der Waals surface area contributed by atoms with Gasteiger partial charge in [0, 0.05) is 26.2 Å². The maximum atomic E-state index is 5.55. The van der Waals surface area contributed by atoms with Gasteiger partial charge in [0.15, 0.2) is 5.82 Å². The molecule has 0 radical (unpaired) electrons. The summed E-state index contributed by atoms with van der Waals surface area (Å²) in [5, 5.41) is 13.2. The molecule has 0 amide bonds. The van der Waals surface area contributed by atoms with Gasteiger partial charge in [-0.2, -0.15) is 0 Å². The monoisotopic (exact) mass is 436 g/mol. The summed E-state index contributed by atoms with van der Waals surface area (Å²) in [7, 11) is 1.70. The smallest absolute Gasteiger partial charge is 0.173 e. The van der Waals surface area contributed by atoms with Gasteiger partial charge in [0.2, 0.25) is 0 Å². The van der Waals surface area contributed by atoms with E-state index in [0.29, 0.717) is 6.04 Å². The second kappa shape index (κ2) is 9.83. The van der Waals surface area contributed by atoms with Crippen LogP contribution in [0.4, 0.5) is 0 Å². The molecule has 3 heterocycles. The van der Waals surface area contributed by atoms with Crippen LogP contribution in [0.15, 0.2) is 47.1 Å². The minimum atomic E-state index is 0.0311. The number of rotatable bonds is 7.